The van der Waals surface area contributed by atoms with Crippen molar-refractivity contribution in [3.63, 3.8) is 0 Å². The number of hydrogen-bond acceptors (Lipinski definition) is 5. The van der Waals surface area contributed by atoms with Crippen molar-refractivity contribution in [2.24, 2.45) is 0 Å². The Morgan fingerprint density at radius 3 is 2.79 bits per heavy atom. The van der Waals surface area contributed by atoms with Gasteiger partial charge in [0.1, 0.15) is 16.3 Å². The second-order valence-electron chi connectivity index (χ2n) is 5.17. The van der Waals surface area contributed by atoms with Crippen LogP contribution in [-0.4, -0.2) is 29.1 Å². The number of aromatic nitrogens is 2. The highest BCUT2D eigenvalue weighted by Crippen LogP contribution is 2.26. The molecule has 0 unspecified atom stereocenters. The van der Waals surface area contributed by atoms with Gasteiger partial charge in [-0.2, -0.15) is 0 Å². The zero-order valence-corrected chi connectivity index (χ0v) is 14.0. The fourth-order valence-corrected chi connectivity index (χ4v) is 2.95. The number of amides is 1. The number of benzene rings is 2. The molecule has 1 heterocycles. The van der Waals surface area contributed by atoms with Crippen LogP contribution in [0.1, 0.15) is 15.2 Å². The van der Waals surface area contributed by atoms with Crippen LogP contribution in [0.3, 0.4) is 0 Å². The summed E-state index contributed by atoms with van der Waals surface area (Å²) in [4.78, 5) is 12.9. The molecule has 6 heteroatoms. The van der Waals surface area contributed by atoms with E-state index >= 15 is 0 Å². The summed E-state index contributed by atoms with van der Waals surface area (Å²) in [6, 6.07) is 17.5. The minimum Gasteiger partial charge on any atom is -0.497 e. The molecule has 1 amide bonds. The Balaban J connectivity index is 1.69. The number of methoxy groups -OCH3 is 1. The first-order valence-corrected chi connectivity index (χ1v) is 8.34. The summed E-state index contributed by atoms with van der Waals surface area (Å²) in [7, 11) is 1.61. The summed E-state index contributed by atoms with van der Waals surface area (Å²) in [5.41, 5.74) is 2.58. The monoisotopic (exact) mass is 339 g/mol. The predicted molar refractivity (Wildman–Crippen MR) is 94.4 cm³/mol. The number of nitrogens with one attached hydrogen (secondary N) is 1. The molecule has 0 aliphatic rings. The number of carbonyl (C=O) groups excluding carboxylic acids is 1. The molecule has 1 N–H and O–H groups in total. The molecule has 0 bridgehead atoms. The Morgan fingerprint density at radius 2 is 2.00 bits per heavy atom. The van der Waals surface area contributed by atoms with Crippen LogP contribution in [0.4, 0.5) is 0 Å². The van der Waals surface area contributed by atoms with E-state index in [9.17, 15) is 4.79 Å². The van der Waals surface area contributed by atoms with Crippen molar-refractivity contribution in [2.45, 2.75) is 6.42 Å². The third-order valence-corrected chi connectivity index (χ3v) is 4.30. The smallest absolute Gasteiger partial charge is 0.265 e. The van der Waals surface area contributed by atoms with Crippen LogP contribution in [0.25, 0.3) is 11.3 Å². The van der Waals surface area contributed by atoms with E-state index < -0.39 is 0 Å². The van der Waals surface area contributed by atoms with E-state index in [1.54, 1.807) is 7.11 Å². The van der Waals surface area contributed by atoms with Gasteiger partial charge in [-0.1, -0.05) is 47.0 Å². The molecule has 0 fully saturated rings. The Labute approximate surface area is 144 Å². The van der Waals surface area contributed by atoms with E-state index in [1.165, 1.54) is 5.56 Å². The molecule has 2 aromatic carbocycles. The van der Waals surface area contributed by atoms with Gasteiger partial charge in [-0.05, 0) is 35.6 Å². The van der Waals surface area contributed by atoms with Crippen molar-refractivity contribution in [1.82, 2.24) is 14.9 Å². The first-order chi connectivity index (χ1) is 11.8. The molecule has 5 nitrogen and oxygen atoms in total. The summed E-state index contributed by atoms with van der Waals surface area (Å²) >= 11 is 1.10. The van der Waals surface area contributed by atoms with Gasteiger partial charge in [0.2, 0.25) is 0 Å². The largest absolute Gasteiger partial charge is 0.497 e. The standard InChI is InChI=1S/C18H17N3O2S/c1-23-15-9-5-8-14(12-15)16-17(24-21-20-16)18(22)19-11-10-13-6-3-2-4-7-13/h2-9,12H,10-11H2,1H3,(H,19,22). The van der Waals surface area contributed by atoms with E-state index in [0.717, 1.165) is 29.3 Å². The summed E-state index contributed by atoms with van der Waals surface area (Å²) in [6.07, 6.45) is 0.785. The zero-order valence-electron chi connectivity index (χ0n) is 13.2. The maximum Gasteiger partial charge on any atom is 0.265 e. The maximum absolute atomic E-state index is 12.4. The average molecular weight is 339 g/mol. The quantitative estimate of drug-likeness (QED) is 0.749. The summed E-state index contributed by atoms with van der Waals surface area (Å²) in [6.45, 7) is 0.568. The highest BCUT2D eigenvalue weighted by atomic mass is 32.1. The predicted octanol–water partition coefficient (Wildman–Crippen LogP) is 3.19. The maximum atomic E-state index is 12.4. The number of rotatable bonds is 6. The molecule has 0 spiro atoms. The van der Waals surface area contributed by atoms with E-state index in [4.69, 9.17) is 4.74 Å². The zero-order chi connectivity index (χ0) is 16.8. The minimum absolute atomic E-state index is 0.154. The highest BCUT2D eigenvalue weighted by Gasteiger charge is 2.17. The lowest BCUT2D eigenvalue weighted by Crippen LogP contribution is -2.25. The van der Waals surface area contributed by atoms with E-state index in [-0.39, 0.29) is 5.91 Å². The molecule has 3 rings (SSSR count). The SMILES string of the molecule is COc1cccc(-c2nnsc2C(=O)NCCc2ccccc2)c1. The fraction of sp³-hybridized carbons (Fsp3) is 0.167. The lowest BCUT2D eigenvalue weighted by Gasteiger charge is -2.06. The lowest BCUT2D eigenvalue weighted by molar-refractivity contribution is 0.0958. The van der Waals surface area contributed by atoms with Gasteiger partial charge in [0.15, 0.2) is 0 Å². The molecule has 0 radical (unpaired) electrons. The Hall–Kier alpha value is -2.73. The van der Waals surface area contributed by atoms with Crippen molar-refractivity contribution in [1.29, 1.82) is 0 Å². The Bertz CT molecular complexity index is 818. The first kappa shape index (κ1) is 16.1. The molecule has 122 valence electrons. The summed E-state index contributed by atoms with van der Waals surface area (Å²) in [5, 5.41) is 7.03. The molecule has 0 saturated heterocycles. The molecule has 0 saturated carbocycles. The molecule has 0 atom stereocenters. The number of carbonyl (C=O) groups is 1. The van der Waals surface area contributed by atoms with Crippen LogP contribution < -0.4 is 10.1 Å². The van der Waals surface area contributed by atoms with Gasteiger partial charge in [0.05, 0.1) is 7.11 Å². The minimum atomic E-state index is -0.154. The molecule has 0 aliphatic heterocycles. The van der Waals surface area contributed by atoms with E-state index in [0.29, 0.717) is 17.1 Å². The van der Waals surface area contributed by atoms with Gasteiger partial charge in [0, 0.05) is 12.1 Å². The van der Waals surface area contributed by atoms with Crippen LogP contribution >= 0.6 is 11.5 Å². The third kappa shape index (κ3) is 3.78. The van der Waals surface area contributed by atoms with Gasteiger partial charge in [-0.25, -0.2) is 0 Å². The highest BCUT2D eigenvalue weighted by molar-refractivity contribution is 7.08. The molecule has 24 heavy (non-hydrogen) atoms. The van der Waals surface area contributed by atoms with Gasteiger partial charge >= 0.3 is 0 Å². The summed E-state index contributed by atoms with van der Waals surface area (Å²) < 4.78 is 9.15. The van der Waals surface area contributed by atoms with Crippen molar-refractivity contribution in [2.75, 3.05) is 13.7 Å². The Morgan fingerprint density at radius 1 is 1.17 bits per heavy atom. The average Bonchev–Trinajstić information content (AvgIpc) is 3.12. The molecule has 3 aromatic rings. The molecule has 0 aliphatic carbocycles. The second kappa shape index (κ2) is 7.70. The second-order valence-corrected chi connectivity index (χ2v) is 5.93. The van der Waals surface area contributed by atoms with Gasteiger partial charge in [-0.15, -0.1) is 5.10 Å². The van der Waals surface area contributed by atoms with Crippen molar-refractivity contribution >= 4 is 17.4 Å². The summed E-state index contributed by atoms with van der Waals surface area (Å²) in [5.74, 6) is 0.565. The van der Waals surface area contributed by atoms with Crippen molar-refractivity contribution < 1.29 is 9.53 Å². The molecular weight excluding hydrogens is 322 g/mol. The topological polar surface area (TPSA) is 64.1 Å². The van der Waals surface area contributed by atoms with Crippen LogP contribution in [-0.2, 0) is 6.42 Å². The third-order valence-electron chi connectivity index (χ3n) is 3.58. The van der Waals surface area contributed by atoms with Crippen LogP contribution in [0.5, 0.6) is 5.75 Å². The van der Waals surface area contributed by atoms with Gasteiger partial charge in [0.25, 0.3) is 5.91 Å². The van der Waals surface area contributed by atoms with Gasteiger partial charge in [-0.3, -0.25) is 4.79 Å². The first-order valence-electron chi connectivity index (χ1n) is 7.57. The van der Waals surface area contributed by atoms with Crippen molar-refractivity contribution in [3.05, 3.63) is 65.0 Å². The number of ether oxygens (including phenoxy) is 1. The van der Waals surface area contributed by atoms with E-state index in [2.05, 4.69) is 14.9 Å². The molecular formula is C18H17N3O2S. The van der Waals surface area contributed by atoms with E-state index in [1.807, 2.05) is 54.6 Å². The number of nitrogens with zero attached hydrogens (tertiary/aromatic N) is 2. The van der Waals surface area contributed by atoms with Gasteiger partial charge < -0.3 is 10.1 Å². The van der Waals surface area contributed by atoms with Crippen LogP contribution in [0.2, 0.25) is 0 Å². The van der Waals surface area contributed by atoms with Crippen LogP contribution in [0, 0.1) is 0 Å². The fourth-order valence-electron chi connectivity index (χ4n) is 2.34. The number of hydrogen-bond donors (Lipinski definition) is 1. The van der Waals surface area contributed by atoms with Crippen LogP contribution in [0.15, 0.2) is 54.6 Å². The molecule has 1 aromatic heterocycles. The Kier molecular flexibility index (Phi) is 5.18. The lowest BCUT2D eigenvalue weighted by atomic mass is 10.1. The van der Waals surface area contributed by atoms with Crippen molar-refractivity contribution in [3.8, 4) is 17.0 Å². The normalized spacial score (nSPS) is 10.4.